The van der Waals surface area contributed by atoms with E-state index < -0.39 is 0 Å². The molecule has 18 heavy (non-hydrogen) atoms. The molecule has 0 saturated heterocycles. The first-order valence-electron chi connectivity index (χ1n) is 7.16. The second-order valence-electron chi connectivity index (χ2n) is 5.38. The molecule has 0 aliphatic rings. The SMILES string of the molecule is CCC(CC)CC(O)CCc1c(C)nn(C)c1C. The molecule has 0 amide bonds. The fourth-order valence-corrected chi connectivity index (χ4v) is 2.61. The predicted molar refractivity (Wildman–Crippen MR) is 75.7 cm³/mol. The molecule has 3 nitrogen and oxygen atoms in total. The monoisotopic (exact) mass is 252 g/mol. The van der Waals surface area contributed by atoms with Crippen molar-refractivity contribution in [3.63, 3.8) is 0 Å². The van der Waals surface area contributed by atoms with Gasteiger partial charge in [-0.05, 0) is 44.6 Å². The lowest BCUT2D eigenvalue weighted by molar-refractivity contribution is 0.130. The van der Waals surface area contributed by atoms with Crippen LogP contribution in [-0.2, 0) is 13.5 Å². The van der Waals surface area contributed by atoms with E-state index in [-0.39, 0.29) is 6.10 Å². The molecule has 0 spiro atoms. The van der Waals surface area contributed by atoms with Crippen LogP contribution in [0, 0.1) is 19.8 Å². The summed E-state index contributed by atoms with van der Waals surface area (Å²) in [6.07, 6.45) is 4.88. The first kappa shape index (κ1) is 15.2. The second kappa shape index (κ2) is 6.93. The molecule has 1 N–H and O–H groups in total. The first-order valence-corrected chi connectivity index (χ1v) is 7.16. The molecule has 1 aromatic rings. The lowest BCUT2D eigenvalue weighted by Crippen LogP contribution is -2.14. The maximum Gasteiger partial charge on any atom is 0.0628 e. The molecule has 0 aromatic carbocycles. The maximum absolute atomic E-state index is 10.1. The molecule has 104 valence electrons. The summed E-state index contributed by atoms with van der Waals surface area (Å²) in [4.78, 5) is 0. The molecule has 0 bridgehead atoms. The van der Waals surface area contributed by atoms with Crippen molar-refractivity contribution in [1.29, 1.82) is 0 Å². The summed E-state index contributed by atoms with van der Waals surface area (Å²) >= 11 is 0. The smallest absolute Gasteiger partial charge is 0.0628 e. The molecule has 1 unspecified atom stereocenters. The minimum Gasteiger partial charge on any atom is -0.393 e. The minimum atomic E-state index is -0.172. The fraction of sp³-hybridized carbons (Fsp3) is 0.800. The summed E-state index contributed by atoms with van der Waals surface area (Å²) < 4.78 is 1.93. The fourth-order valence-electron chi connectivity index (χ4n) is 2.61. The van der Waals surface area contributed by atoms with Crippen molar-refractivity contribution in [3.8, 4) is 0 Å². The highest BCUT2D eigenvalue weighted by molar-refractivity contribution is 5.24. The number of nitrogens with zero attached hydrogens (tertiary/aromatic N) is 2. The second-order valence-corrected chi connectivity index (χ2v) is 5.38. The molecule has 0 radical (unpaired) electrons. The van der Waals surface area contributed by atoms with Gasteiger partial charge in [-0.15, -0.1) is 0 Å². The topological polar surface area (TPSA) is 38.1 Å². The number of hydrogen-bond acceptors (Lipinski definition) is 2. The Balaban J connectivity index is 2.49. The first-order chi connectivity index (χ1) is 8.49. The molecular weight excluding hydrogens is 224 g/mol. The third-order valence-corrected chi connectivity index (χ3v) is 4.15. The third kappa shape index (κ3) is 3.84. The quantitative estimate of drug-likeness (QED) is 0.809. The summed E-state index contributed by atoms with van der Waals surface area (Å²) in [5.41, 5.74) is 3.63. The summed E-state index contributed by atoms with van der Waals surface area (Å²) in [5, 5.41) is 14.5. The summed E-state index contributed by atoms with van der Waals surface area (Å²) in [6, 6.07) is 0. The van der Waals surface area contributed by atoms with E-state index in [1.165, 1.54) is 24.1 Å². The van der Waals surface area contributed by atoms with Crippen LogP contribution in [0.15, 0.2) is 0 Å². The van der Waals surface area contributed by atoms with Crippen molar-refractivity contribution >= 4 is 0 Å². The molecule has 0 saturated carbocycles. The zero-order valence-corrected chi connectivity index (χ0v) is 12.5. The van der Waals surface area contributed by atoms with E-state index in [0.717, 1.165) is 25.0 Å². The van der Waals surface area contributed by atoms with Gasteiger partial charge in [-0.25, -0.2) is 0 Å². The Morgan fingerprint density at radius 2 is 1.83 bits per heavy atom. The van der Waals surface area contributed by atoms with Crippen LogP contribution in [0.4, 0.5) is 0 Å². The Morgan fingerprint density at radius 1 is 1.22 bits per heavy atom. The van der Waals surface area contributed by atoms with Crippen LogP contribution in [0.5, 0.6) is 0 Å². The van der Waals surface area contributed by atoms with Gasteiger partial charge in [0.25, 0.3) is 0 Å². The average molecular weight is 252 g/mol. The van der Waals surface area contributed by atoms with Crippen molar-refractivity contribution in [2.24, 2.45) is 13.0 Å². The van der Waals surface area contributed by atoms with Crippen LogP contribution in [0.2, 0.25) is 0 Å². The summed E-state index contributed by atoms with van der Waals surface area (Å²) in [5.74, 6) is 0.663. The highest BCUT2D eigenvalue weighted by Gasteiger charge is 2.14. The molecule has 1 heterocycles. The number of aryl methyl sites for hydroxylation is 2. The number of hydrogen-bond donors (Lipinski definition) is 1. The Morgan fingerprint density at radius 3 is 2.28 bits per heavy atom. The molecule has 1 rings (SSSR count). The summed E-state index contributed by atoms with van der Waals surface area (Å²) in [6.45, 7) is 8.56. The lowest BCUT2D eigenvalue weighted by Gasteiger charge is -2.17. The van der Waals surface area contributed by atoms with E-state index in [1.54, 1.807) is 0 Å². The number of aliphatic hydroxyl groups is 1. The van der Waals surface area contributed by atoms with Gasteiger partial charge in [0, 0.05) is 12.7 Å². The number of aromatic nitrogens is 2. The van der Waals surface area contributed by atoms with Crippen molar-refractivity contribution in [2.75, 3.05) is 0 Å². The summed E-state index contributed by atoms with van der Waals surface area (Å²) in [7, 11) is 1.98. The van der Waals surface area contributed by atoms with Gasteiger partial charge < -0.3 is 5.11 Å². The Bertz CT molecular complexity index is 367. The highest BCUT2D eigenvalue weighted by Crippen LogP contribution is 2.20. The van der Waals surface area contributed by atoms with Gasteiger partial charge in [-0.1, -0.05) is 26.7 Å². The van der Waals surface area contributed by atoms with E-state index >= 15 is 0 Å². The lowest BCUT2D eigenvalue weighted by atomic mass is 9.93. The highest BCUT2D eigenvalue weighted by atomic mass is 16.3. The van der Waals surface area contributed by atoms with Crippen LogP contribution < -0.4 is 0 Å². The zero-order valence-electron chi connectivity index (χ0n) is 12.5. The van der Waals surface area contributed by atoms with Gasteiger partial charge in [0.2, 0.25) is 0 Å². The molecule has 0 aliphatic carbocycles. The van der Waals surface area contributed by atoms with E-state index in [9.17, 15) is 5.11 Å². The van der Waals surface area contributed by atoms with E-state index in [1.807, 2.05) is 11.7 Å². The van der Waals surface area contributed by atoms with Crippen LogP contribution in [0.1, 0.15) is 56.5 Å². The molecule has 0 aliphatic heterocycles. The van der Waals surface area contributed by atoms with E-state index in [2.05, 4.69) is 32.8 Å². The van der Waals surface area contributed by atoms with Crippen molar-refractivity contribution in [1.82, 2.24) is 9.78 Å². The molecular formula is C15H28N2O. The van der Waals surface area contributed by atoms with Gasteiger partial charge in [0.15, 0.2) is 0 Å². The number of aliphatic hydroxyl groups excluding tert-OH is 1. The third-order valence-electron chi connectivity index (χ3n) is 4.15. The largest absolute Gasteiger partial charge is 0.393 e. The average Bonchev–Trinajstić information content (AvgIpc) is 2.58. The van der Waals surface area contributed by atoms with Crippen LogP contribution in [0.3, 0.4) is 0 Å². The van der Waals surface area contributed by atoms with E-state index in [4.69, 9.17) is 0 Å². The van der Waals surface area contributed by atoms with Gasteiger partial charge in [0.1, 0.15) is 0 Å². The van der Waals surface area contributed by atoms with Crippen LogP contribution >= 0.6 is 0 Å². The van der Waals surface area contributed by atoms with E-state index in [0.29, 0.717) is 5.92 Å². The predicted octanol–water partition coefficient (Wildman–Crippen LogP) is 3.16. The minimum absolute atomic E-state index is 0.172. The van der Waals surface area contributed by atoms with Crippen molar-refractivity contribution < 1.29 is 5.11 Å². The normalized spacial score (nSPS) is 13.3. The Hall–Kier alpha value is -0.830. The van der Waals surface area contributed by atoms with Crippen LogP contribution in [0.25, 0.3) is 0 Å². The van der Waals surface area contributed by atoms with Gasteiger partial charge >= 0.3 is 0 Å². The van der Waals surface area contributed by atoms with Crippen LogP contribution in [-0.4, -0.2) is 21.0 Å². The molecule has 3 heteroatoms. The number of rotatable bonds is 7. The Labute approximate surface area is 111 Å². The van der Waals surface area contributed by atoms with Gasteiger partial charge in [0.05, 0.1) is 11.8 Å². The molecule has 1 aromatic heterocycles. The molecule has 0 fully saturated rings. The standard InChI is InChI=1S/C15H28N2O/c1-6-13(7-2)10-14(18)8-9-15-11(3)16-17(5)12(15)4/h13-14,18H,6-10H2,1-5H3. The van der Waals surface area contributed by atoms with Gasteiger partial charge in [-0.2, -0.15) is 5.10 Å². The maximum atomic E-state index is 10.1. The van der Waals surface area contributed by atoms with Crippen molar-refractivity contribution in [2.45, 2.75) is 65.9 Å². The molecule has 1 atom stereocenters. The Kier molecular flexibility index (Phi) is 5.86. The zero-order chi connectivity index (χ0) is 13.7. The van der Waals surface area contributed by atoms with Crippen molar-refractivity contribution in [3.05, 3.63) is 17.0 Å². The van der Waals surface area contributed by atoms with Gasteiger partial charge in [-0.3, -0.25) is 4.68 Å².